The first-order chi connectivity index (χ1) is 9.41. The van der Waals surface area contributed by atoms with Gasteiger partial charge in [0.1, 0.15) is 0 Å². The zero-order valence-corrected chi connectivity index (χ0v) is 13.0. The first-order valence-electron chi connectivity index (χ1n) is 6.35. The summed E-state index contributed by atoms with van der Waals surface area (Å²) in [5, 5.41) is 3.17. The molecule has 0 radical (unpaired) electrons. The molecule has 1 rings (SSSR count). The summed E-state index contributed by atoms with van der Waals surface area (Å²) in [7, 11) is 3.04. The van der Waals surface area contributed by atoms with Crippen molar-refractivity contribution in [2.75, 3.05) is 26.1 Å². The number of nitrogens with two attached hydrogens (primary N) is 1. The number of halogens is 1. The van der Waals surface area contributed by atoms with Crippen molar-refractivity contribution in [1.82, 2.24) is 0 Å². The molecule has 0 saturated heterocycles. The molecule has 0 bridgehead atoms. The number of rotatable bonds is 6. The molecule has 20 heavy (non-hydrogen) atoms. The number of ether oxygens (including phenoxy) is 2. The van der Waals surface area contributed by atoms with Crippen molar-refractivity contribution in [1.29, 1.82) is 0 Å². The first kappa shape index (κ1) is 16.6. The van der Waals surface area contributed by atoms with E-state index in [4.69, 9.17) is 26.8 Å². The Morgan fingerprint density at radius 1 is 1.35 bits per heavy atom. The maximum absolute atomic E-state index is 12.3. The minimum absolute atomic E-state index is 0.170. The largest absolute Gasteiger partial charge is 0.493 e. The zero-order chi connectivity index (χ0) is 15.3. The highest BCUT2D eigenvalue weighted by Crippen LogP contribution is 2.36. The number of hydrogen-bond acceptors (Lipinski definition) is 4. The fourth-order valence-corrected chi connectivity index (χ4v) is 1.82. The third-order valence-electron chi connectivity index (χ3n) is 3.50. The number of carbonyl (C=O) groups excluding carboxylic acids is 1. The van der Waals surface area contributed by atoms with Crippen LogP contribution < -0.4 is 20.5 Å². The van der Waals surface area contributed by atoms with Crippen LogP contribution in [0.4, 0.5) is 5.69 Å². The molecule has 1 atom stereocenters. The number of benzene rings is 1. The lowest BCUT2D eigenvalue weighted by atomic mass is 9.86. The summed E-state index contributed by atoms with van der Waals surface area (Å²) < 4.78 is 10.3. The molecule has 1 amide bonds. The molecule has 0 fully saturated rings. The molecular formula is C14H21ClN2O3. The molecule has 112 valence electrons. The van der Waals surface area contributed by atoms with Gasteiger partial charge in [-0.2, -0.15) is 0 Å². The summed E-state index contributed by atoms with van der Waals surface area (Å²) in [4.78, 5) is 12.3. The van der Waals surface area contributed by atoms with Gasteiger partial charge in [-0.15, -0.1) is 0 Å². The standard InChI is InChI=1S/C14H21ClN2O3/c1-5-14(2,8-16)13(18)17-10-7-12(20-4)11(19-3)6-9(10)15/h6-7H,5,8,16H2,1-4H3,(H,17,18). The number of hydrogen-bond donors (Lipinski definition) is 2. The van der Waals surface area contributed by atoms with Crippen LogP contribution >= 0.6 is 11.6 Å². The predicted octanol–water partition coefficient (Wildman–Crippen LogP) is 2.67. The van der Waals surface area contributed by atoms with E-state index < -0.39 is 5.41 Å². The van der Waals surface area contributed by atoms with Crippen LogP contribution in [0.3, 0.4) is 0 Å². The average molecular weight is 301 g/mol. The zero-order valence-electron chi connectivity index (χ0n) is 12.2. The number of nitrogens with one attached hydrogen (secondary N) is 1. The highest BCUT2D eigenvalue weighted by molar-refractivity contribution is 6.34. The van der Waals surface area contributed by atoms with Crippen molar-refractivity contribution < 1.29 is 14.3 Å². The molecule has 6 heteroatoms. The molecule has 0 saturated carbocycles. The lowest BCUT2D eigenvalue weighted by molar-refractivity contribution is -0.124. The molecule has 0 aliphatic rings. The third-order valence-corrected chi connectivity index (χ3v) is 3.81. The topological polar surface area (TPSA) is 73.6 Å². The molecule has 0 heterocycles. The van der Waals surface area contributed by atoms with Gasteiger partial charge in [-0.1, -0.05) is 18.5 Å². The third kappa shape index (κ3) is 3.35. The monoisotopic (exact) mass is 300 g/mol. The van der Waals surface area contributed by atoms with Crippen molar-refractivity contribution >= 4 is 23.2 Å². The Labute approximate surface area is 124 Å². The Bertz CT molecular complexity index is 488. The van der Waals surface area contributed by atoms with Gasteiger partial charge in [0.25, 0.3) is 0 Å². The predicted molar refractivity (Wildman–Crippen MR) is 80.6 cm³/mol. The van der Waals surface area contributed by atoms with E-state index in [2.05, 4.69) is 5.32 Å². The minimum Gasteiger partial charge on any atom is -0.493 e. The van der Waals surface area contributed by atoms with Gasteiger partial charge in [0.05, 0.1) is 30.3 Å². The molecule has 1 unspecified atom stereocenters. The van der Waals surface area contributed by atoms with Crippen LogP contribution in [0.5, 0.6) is 11.5 Å². The van der Waals surface area contributed by atoms with Gasteiger partial charge < -0.3 is 20.5 Å². The molecule has 0 spiro atoms. The molecule has 5 nitrogen and oxygen atoms in total. The molecule has 3 N–H and O–H groups in total. The molecular weight excluding hydrogens is 280 g/mol. The van der Waals surface area contributed by atoms with Gasteiger partial charge in [-0.05, 0) is 13.3 Å². The summed E-state index contributed by atoms with van der Waals surface area (Å²) in [6.07, 6.45) is 0.639. The fourth-order valence-electron chi connectivity index (χ4n) is 1.62. The van der Waals surface area contributed by atoms with E-state index in [9.17, 15) is 4.79 Å². The van der Waals surface area contributed by atoms with Gasteiger partial charge in [-0.3, -0.25) is 4.79 Å². The van der Waals surface area contributed by atoms with E-state index in [1.165, 1.54) is 14.2 Å². The van der Waals surface area contributed by atoms with E-state index in [1.807, 2.05) is 13.8 Å². The van der Waals surface area contributed by atoms with Crippen molar-refractivity contribution in [2.24, 2.45) is 11.1 Å². The van der Waals surface area contributed by atoms with Crippen LogP contribution in [-0.2, 0) is 4.79 Å². The molecule has 1 aromatic carbocycles. The smallest absolute Gasteiger partial charge is 0.231 e. The van der Waals surface area contributed by atoms with E-state index in [0.717, 1.165) is 0 Å². The normalized spacial score (nSPS) is 13.5. The number of anilines is 1. The molecule has 0 aromatic heterocycles. The number of amides is 1. The van der Waals surface area contributed by atoms with Gasteiger partial charge >= 0.3 is 0 Å². The lowest BCUT2D eigenvalue weighted by Gasteiger charge is -2.25. The Morgan fingerprint density at radius 3 is 2.35 bits per heavy atom. The van der Waals surface area contributed by atoms with Gasteiger partial charge in [0.15, 0.2) is 11.5 Å². The van der Waals surface area contributed by atoms with Crippen LogP contribution in [0, 0.1) is 5.41 Å². The highest BCUT2D eigenvalue weighted by Gasteiger charge is 2.30. The lowest BCUT2D eigenvalue weighted by Crippen LogP contribution is -2.39. The summed E-state index contributed by atoms with van der Waals surface area (Å²) in [6, 6.07) is 3.23. The van der Waals surface area contributed by atoms with Crippen LogP contribution in [0.1, 0.15) is 20.3 Å². The van der Waals surface area contributed by atoms with Crippen LogP contribution in [0.2, 0.25) is 5.02 Å². The van der Waals surface area contributed by atoms with Gasteiger partial charge in [0.2, 0.25) is 5.91 Å². The van der Waals surface area contributed by atoms with Crippen molar-refractivity contribution in [3.8, 4) is 11.5 Å². The first-order valence-corrected chi connectivity index (χ1v) is 6.72. The van der Waals surface area contributed by atoms with Gasteiger partial charge in [-0.25, -0.2) is 0 Å². The number of carbonyl (C=O) groups is 1. The summed E-state index contributed by atoms with van der Waals surface area (Å²) in [6.45, 7) is 4.00. The molecule has 1 aromatic rings. The van der Waals surface area contributed by atoms with Crippen molar-refractivity contribution in [2.45, 2.75) is 20.3 Å². The fraction of sp³-hybridized carbons (Fsp3) is 0.500. The SMILES string of the molecule is CCC(C)(CN)C(=O)Nc1cc(OC)c(OC)cc1Cl. The highest BCUT2D eigenvalue weighted by atomic mass is 35.5. The van der Waals surface area contributed by atoms with Gasteiger partial charge in [0, 0.05) is 18.7 Å². The summed E-state index contributed by atoms with van der Waals surface area (Å²) >= 11 is 6.14. The molecule has 0 aliphatic heterocycles. The second-order valence-corrected chi connectivity index (χ2v) is 5.17. The summed E-state index contributed by atoms with van der Waals surface area (Å²) in [5.74, 6) is 0.836. The summed E-state index contributed by atoms with van der Waals surface area (Å²) in [5.41, 5.74) is 5.52. The van der Waals surface area contributed by atoms with E-state index in [0.29, 0.717) is 28.6 Å². The Balaban J connectivity index is 3.07. The molecule has 0 aliphatic carbocycles. The average Bonchev–Trinajstić information content (AvgIpc) is 2.47. The maximum Gasteiger partial charge on any atom is 0.231 e. The van der Waals surface area contributed by atoms with E-state index >= 15 is 0 Å². The minimum atomic E-state index is -0.628. The van der Waals surface area contributed by atoms with Crippen LogP contribution in [0.25, 0.3) is 0 Å². The Hall–Kier alpha value is -1.46. The second kappa shape index (κ2) is 6.81. The van der Waals surface area contributed by atoms with E-state index in [1.54, 1.807) is 12.1 Å². The number of methoxy groups -OCH3 is 2. The second-order valence-electron chi connectivity index (χ2n) is 4.76. The Morgan fingerprint density at radius 2 is 1.90 bits per heavy atom. The van der Waals surface area contributed by atoms with E-state index in [-0.39, 0.29) is 12.5 Å². The quantitative estimate of drug-likeness (QED) is 0.847. The van der Waals surface area contributed by atoms with Crippen molar-refractivity contribution in [3.63, 3.8) is 0 Å². The van der Waals surface area contributed by atoms with Crippen LogP contribution in [0.15, 0.2) is 12.1 Å². The van der Waals surface area contributed by atoms with Crippen molar-refractivity contribution in [3.05, 3.63) is 17.2 Å². The maximum atomic E-state index is 12.3. The van der Waals surface area contributed by atoms with Crippen LogP contribution in [-0.4, -0.2) is 26.7 Å². The Kier molecular flexibility index (Phi) is 5.65.